The molecule has 2 amide bonds. The molecule has 0 spiro atoms. The molecule has 0 radical (unpaired) electrons. The minimum atomic E-state index is -0.0451. The van der Waals surface area contributed by atoms with Crippen molar-refractivity contribution in [3.8, 4) is 0 Å². The lowest BCUT2D eigenvalue weighted by Crippen LogP contribution is -2.50. The van der Waals surface area contributed by atoms with Crippen LogP contribution in [0.1, 0.15) is 12.8 Å². The van der Waals surface area contributed by atoms with Crippen LogP contribution in [0.15, 0.2) is 42.6 Å². The predicted octanol–water partition coefficient (Wildman–Crippen LogP) is 2.43. The van der Waals surface area contributed by atoms with Crippen molar-refractivity contribution in [2.75, 3.05) is 54.4 Å². The molecule has 2 aliphatic rings. The first-order chi connectivity index (χ1) is 12.8. The van der Waals surface area contributed by atoms with Crippen LogP contribution >= 0.6 is 0 Å². The van der Waals surface area contributed by atoms with Crippen molar-refractivity contribution in [1.82, 2.24) is 14.9 Å². The van der Waals surface area contributed by atoms with Gasteiger partial charge in [-0.15, -0.1) is 0 Å². The highest BCUT2D eigenvalue weighted by molar-refractivity contribution is 5.89. The Balaban J connectivity index is 1.34. The lowest BCUT2D eigenvalue weighted by molar-refractivity contribution is 0.208. The highest BCUT2D eigenvalue weighted by Gasteiger charge is 2.23. The number of amides is 2. The third-order valence-electron chi connectivity index (χ3n) is 4.93. The molecule has 2 fully saturated rings. The van der Waals surface area contributed by atoms with Crippen molar-refractivity contribution in [2.45, 2.75) is 12.8 Å². The molecule has 1 aromatic heterocycles. The van der Waals surface area contributed by atoms with E-state index in [2.05, 4.69) is 20.1 Å². The molecule has 2 aliphatic heterocycles. The highest BCUT2D eigenvalue weighted by Crippen LogP contribution is 2.20. The van der Waals surface area contributed by atoms with E-state index in [1.54, 1.807) is 0 Å². The quantitative estimate of drug-likeness (QED) is 0.919. The van der Waals surface area contributed by atoms with Gasteiger partial charge in [0.05, 0.1) is 0 Å². The maximum atomic E-state index is 12.4. The molecule has 0 saturated carbocycles. The maximum absolute atomic E-state index is 12.4. The van der Waals surface area contributed by atoms with Crippen LogP contribution in [0.3, 0.4) is 0 Å². The van der Waals surface area contributed by atoms with Crippen molar-refractivity contribution >= 4 is 23.5 Å². The number of carbonyl (C=O) groups is 1. The van der Waals surface area contributed by atoms with Gasteiger partial charge in [-0.05, 0) is 31.0 Å². The smallest absolute Gasteiger partial charge is 0.321 e. The van der Waals surface area contributed by atoms with E-state index in [-0.39, 0.29) is 6.03 Å². The van der Waals surface area contributed by atoms with Crippen LogP contribution in [0.4, 0.5) is 22.2 Å². The summed E-state index contributed by atoms with van der Waals surface area (Å²) in [5.74, 6) is 1.77. The Kier molecular flexibility index (Phi) is 4.86. The van der Waals surface area contributed by atoms with Gasteiger partial charge in [-0.25, -0.2) is 9.78 Å². The second-order valence-electron chi connectivity index (χ2n) is 6.68. The maximum Gasteiger partial charge on any atom is 0.321 e. The van der Waals surface area contributed by atoms with Gasteiger partial charge in [0.1, 0.15) is 5.82 Å². The molecule has 1 N–H and O–H groups in total. The van der Waals surface area contributed by atoms with E-state index in [0.29, 0.717) is 13.1 Å². The highest BCUT2D eigenvalue weighted by atomic mass is 16.2. The molecular formula is C19H24N6O. The summed E-state index contributed by atoms with van der Waals surface area (Å²) in [6, 6.07) is 11.5. The van der Waals surface area contributed by atoms with Crippen LogP contribution in [0.5, 0.6) is 0 Å². The number of rotatable bonds is 3. The normalized spacial score (nSPS) is 17.5. The van der Waals surface area contributed by atoms with E-state index in [1.807, 2.05) is 47.5 Å². The summed E-state index contributed by atoms with van der Waals surface area (Å²) < 4.78 is 0. The standard InChI is InChI=1S/C19H24N6O/c26-19(21-16-6-2-1-3-7-16)25-14-12-23(13-15-25)17-8-9-20-18(22-17)24-10-4-5-11-24/h1-3,6-9H,4-5,10-15H2,(H,21,26). The minimum Gasteiger partial charge on any atom is -0.353 e. The molecular weight excluding hydrogens is 328 g/mol. The fraction of sp³-hybridized carbons (Fsp3) is 0.421. The largest absolute Gasteiger partial charge is 0.353 e. The number of benzene rings is 1. The molecule has 7 heteroatoms. The van der Waals surface area contributed by atoms with Crippen molar-refractivity contribution in [1.29, 1.82) is 0 Å². The Labute approximate surface area is 153 Å². The number of urea groups is 1. The van der Waals surface area contributed by atoms with Crippen LogP contribution in [0, 0.1) is 0 Å². The number of para-hydroxylation sites is 1. The third-order valence-corrected chi connectivity index (χ3v) is 4.93. The van der Waals surface area contributed by atoms with Gasteiger partial charge in [-0.3, -0.25) is 0 Å². The van der Waals surface area contributed by atoms with Crippen LogP contribution in [-0.2, 0) is 0 Å². The van der Waals surface area contributed by atoms with E-state index in [0.717, 1.165) is 43.6 Å². The van der Waals surface area contributed by atoms with Gasteiger partial charge in [0, 0.05) is 51.2 Å². The van der Waals surface area contributed by atoms with Crippen molar-refractivity contribution in [3.63, 3.8) is 0 Å². The topological polar surface area (TPSA) is 64.6 Å². The Morgan fingerprint density at radius 1 is 0.885 bits per heavy atom. The summed E-state index contributed by atoms with van der Waals surface area (Å²) in [5.41, 5.74) is 0.825. The SMILES string of the molecule is O=C(Nc1ccccc1)N1CCN(c2ccnc(N3CCCC3)n2)CC1. The molecule has 26 heavy (non-hydrogen) atoms. The van der Waals surface area contributed by atoms with Crippen molar-refractivity contribution in [3.05, 3.63) is 42.6 Å². The fourth-order valence-electron chi connectivity index (χ4n) is 3.45. The van der Waals surface area contributed by atoms with Gasteiger partial charge >= 0.3 is 6.03 Å². The summed E-state index contributed by atoms with van der Waals surface area (Å²) in [4.78, 5) is 27.9. The summed E-state index contributed by atoms with van der Waals surface area (Å²) >= 11 is 0. The molecule has 136 valence electrons. The number of piperazine rings is 1. The van der Waals surface area contributed by atoms with E-state index >= 15 is 0 Å². The Morgan fingerprint density at radius 2 is 1.62 bits per heavy atom. The molecule has 1 aromatic carbocycles. The number of carbonyl (C=O) groups excluding carboxylic acids is 1. The van der Waals surface area contributed by atoms with Crippen LogP contribution in [0.25, 0.3) is 0 Å². The van der Waals surface area contributed by atoms with Crippen LogP contribution < -0.4 is 15.1 Å². The zero-order valence-corrected chi connectivity index (χ0v) is 14.8. The monoisotopic (exact) mass is 352 g/mol. The average Bonchev–Trinajstić information content (AvgIpc) is 3.24. The Bertz CT molecular complexity index is 739. The zero-order chi connectivity index (χ0) is 17.8. The number of nitrogens with zero attached hydrogens (tertiary/aromatic N) is 5. The average molecular weight is 352 g/mol. The predicted molar refractivity (Wildman–Crippen MR) is 103 cm³/mol. The van der Waals surface area contributed by atoms with Gasteiger partial charge in [0.2, 0.25) is 5.95 Å². The van der Waals surface area contributed by atoms with Gasteiger partial charge in [0.25, 0.3) is 0 Å². The van der Waals surface area contributed by atoms with Crippen molar-refractivity contribution < 1.29 is 4.79 Å². The first-order valence-electron chi connectivity index (χ1n) is 9.23. The van der Waals surface area contributed by atoms with E-state index in [1.165, 1.54) is 12.8 Å². The van der Waals surface area contributed by atoms with Gasteiger partial charge in [-0.1, -0.05) is 18.2 Å². The first-order valence-corrected chi connectivity index (χ1v) is 9.23. The number of anilines is 3. The zero-order valence-electron chi connectivity index (χ0n) is 14.8. The van der Waals surface area contributed by atoms with Gasteiger partial charge in [0.15, 0.2) is 0 Å². The molecule has 7 nitrogen and oxygen atoms in total. The second kappa shape index (κ2) is 7.59. The summed E-state index contributed by atoms with van der Waals surface area (Å²) in [6.07, 6.45) is 4.26. The Morgan fingerprint density at radius 3 is 2.35 bits per heavy atom. The lowest BCUT2D eigenvalue weighted by Gasteiger charge is -2.35. The van der Waals surface area contributed by atoms with E-state index in [4.69, 9.17) is 4.98 Å². The van der Waals surface area contributed by atoms with Gasteiger partial charge < -0.3 is 20.0 Å². The number of aromatic nitrogens is 2. The molecule has 0 unspecified atom stereocenters. The lowest BCUT2D eigenvalue weighted by atomic mass is 10.3. The second-order valence-corrected chi connectivity index (χ2v) is 6.68. The van der Waals surface area contributed by atoms with Crippen molar-refractivity contribution in [2.24, 2.45) is 0 Å². The van der Waals surface area contributed by atoms with E-state index < -0.39 is 0 Å². The molecule has 0 bridgehead atoms. The van der Waals surface area contributed by atoms with Crippen LogP contribution in [-0.4, -0.2) is 60.2 Å². The molecule has 2 saturated heterocycles. The Hall–Kier alpha value is -2.83. The minimum absolute atomic E-state index is 0.0451. The third kappa shape index (κ3) is 3.71. The molecule has 0 atom stereocenters. The van der Waals surface area contributed by atoms with Crippen LogP contribution in [0.2, 0.25) is 0 Å². The summed E-state index contributed by atoms with van der Waals surface area (Å²) in [7, 11) is 0. The first kappa shape index (κ1) is 16.6. The summed E-state index contributed by atoms with van der Waals surface area (Å²) in [5, 5.41) is 2.95. The molecule has 4 rings (SSSR count). The summed E-state index contributed by atoms with van der Waals surface area (Å²) in [6.45, 7) is 4.99. The molecule has 3 heterocycles. The molecule has 2 aromatic rings. The fourth-order valence-corrected chi connectivity index (χ4v) is 3.45. The number of hydrogen-bond donors (Lipinski definition) is 1. The molecule has 0 aliphatic carbocycles. The van der Waals surface area contributed by atoms with E-state index in [9.17, 15) is 4.79 Å². The number of hydrogen-bond acceptors (Lipinski definition) is 5. The van der Waals surface area contributed by atoms with Gasteiger partial charge in [-0.2, -0.15) is 4.98 Å². The number of nitrogens with one attached hydrogen (secondary N) is 1.